The van der Waals surface area contributed by atoms with E-state index in [-0.39, 0.29) is 0 Å². The van der Waals surface area contributed by atoms with Crippen LogP contribution in [0.5, 0.6) is 0 Å². The van der Waals surface area contributed by atoms with Crippen molar-refractivity contribution in [3.8, 4) is 0 Å². The van der Waals surface area contributed by atoms with Gasteiger partial charge in [0, 0.05) is 7.11 Å². The Bertz CT molecular complexity index is 213. The molecule has 1 atom stereocenters. The van der Waals surface area contributed by atoms with Crippen LogP contribution in [0.1, 0.15) is 0 Å². The van der Waals surface area contributed by atoms with Gasteiger partial charge in [0.15, 0.2) is 4.90 Å². The average Bonchev–Trinajstić information content (AvgIpc) is 2.15. The van der Waals surface area contributed by atoms with Gasteiger partial charge in [0.2, 0.25) is 0 Å². The molecule has 0 radical (unpaired) electrons. The van der Waals surface area contributed by atoms with Crippen molar-refractivity contribution in [2.45, 2.75) is 4.90 Å². The second kappa shape index (κ2) is 5.19. The van der Waals surface area contributed by atoms with Crippen molar-refractivity contribution in [2.24, 2.45) is 0 Å². The van der Waals surface area contributed by atoms with E-state index in [1.54, 1.807) is 7.11 Å². The van der Waals surface area contributed by atoms with Gasteiger partial charge in [0.1, 0.15) is 5.75 Å². The van der Waals surface area contributed by atoms with E-state index in [1.165, 1.54) is 0 Å². The van der Waals surface area contributed by atoms with Crippen LogP contribution in [0.3, 0.4) is 0 Å². The van der Waals surface area contributed by atoms with Gasteiger partial charge in [-0.2, -0.15) is 0 Å². The SMILES string of the molecule is COCC[S+]([O-])c1ccccc1. The fourth-order valence-corrected chi connectivity index (χ4v) is 1.86. The van der Waals surface area contributed by atoms with E-state index in [0.717, 1.165) is 4.90 Å². The molecule has 0 aliphatic heterocycles. The highest BCUT2D eigenvalue weighted by Gasteiger charge is 2.07. The minimum absolute atomic E-state index is 0.543. The topological polar surface area (TPSA) is 32.3 Å². The highest BCUT2D eigenvalue weighted by molar-refractivity contribution is 7.91. The van der Waals surface area contributed by atoms with Crippen molar-refractivity contribution in [3.63, 3.8) is 0 Å². The van der Waals surface area contributed by atoms with E-state index >= 15 is 0 Å². The maximum absolute atomic E-state index is 11.4. The highest BCUT2D eigenvalue weighted by atomic mass is 32.2. The van der Waals surface area contributed by atoms with Gasteiger partial charge in [-0.05, 0) is 23.3 Å². The molecule has 12 heavy (non-hydrogen) atoms. The van der Waals surface area contributed by atoms with Crippen LogP contribution < -0.4 is 0 Å². The zero-order valence-corrected chi connectivity index (χ0v) is 7.84. The lowest BCUT2D eigenvalue weighted by molar-refractivity contribution is 0.217. The molecule has 0 bridgehead atoms. The van der Waals surface area contributed by atoms with Gasteiger partial charge in [0.05, 0.1) is 6.61 Å². The van der Waals surface area contributed by atoms with Gasteiger partial charge in [-0.15, -0.1) is 0 Å². The number of hydrogen-bond acceptors (Lipinski definition) is 2. The number of methoxy groups -OCH3 is 1. The van der Waals surface area contributed by atoms with Crippen molar-refractivity contribution < 1.29 is 9.29 Å². The van der Waals surface area contributed by atoms with Gasteiger partial charge in [-0.1, -0.05) is 18.2 Å². The molecule has 0 N–H and O–H groups in total. The van der Waals surface area contributed by atoms with Crippen LogP contribution >= 0.6 is 0 Å². The summed E-state index contributed by atoms with van der Waals surface area (Å²) < 4.78 is 16.3. The predicted octanol–water partition coefficient (Wildman–Crippen LogP) is 1.44. The molecule has 1 unspecified atom stereocenters. The third-order valence-electron chi connectivity index (χ3n) is 1.48. The maximum atomic E-state index is 11.4. The van der Waals surface area contributed by atoms with Crippen LogP contribution in [-0.4, -0.2) is 24.0 Å². The van der Waals surface area contributed by atoms with Gasteiger partial charge < -0.3 is 9.29 Å². The van der Waals surface area contributed by atoms with Gasteiger partial charge in [-0.3, -0.25) is 0 Å². The van der Waals surface area contributed by atoms with Crippen molar-refractivity contribution in [2.75, 3.05) is 19.5 Å². The van der Waals surface area contributed by atoms with Crippen LogP contribution in [-0.2, 0) is 15.9 Å². The molecule has 1 rings (SSSR count). The van der Waals surface area contributed by atoms with E-state index in [9.17, 15) is 4.55 Å². The lowest BCUT2D eigenvalue weighted by Crippen LogP contribution is -2.11. The summed E-state index contributed by atoms with van der Waals surface area (Å²) in [6.45, 7) is 0.543. The molecule has 0 spiro atoms. The number of hydrogen-bond donors (Lipinski definition) is 0. The van der Waals surface area contributed by atoms with Crippen LogP contribution in [0.25, 0.3) is 0 Å². The molecule has 0 aliphatic carbocycles. The minimum Gasteiger partial charge on any atom is -0.611 e. The first kappa shape index (κ1) is 9.58. The van der Waals surface area contributed by atoms with E-state index in [1.807, 2.05) is 30.3 Å². The molecule has 0 amide bonds. The smallest absolute Gasteiger partial charge is 0.152 e. The van der Waals surface area contributed by atoms with Gasteiger partial charge in [0.25, 0.3) is 0 Å². The summed E-state index contributed by atoms with van der Waals surface area (Å²) in [7, 11) is 1.61. The highest BCUT2D eigenvalue weighted by Crippen LogP contribution is 2.09. The molecule has 2 nitrogen and oxygen atoms in total. The molecule has 3 heteroatoms. The van der Waals surface area contributed by atoms with E-state index < -0.39 is 11.2 Å². The van der Waals surface area contributed by atoms with Crippen LogP contribution in [0.15, 0.2) is 35.2 Å². The Hall–Kier alpha value is -0.510. The van der Waals surface area contributed by atoms with Crippen LogP contribution in [0, 0.1) is 0 Å². The summed E-state index contributed by atoms with van der Waals surface area (Å²) in [4.78, 5) is 0.870. The normalized spacial score (nSPS) is 12.8. The Morgan fingerprint density at radius 3 is 2.58 bits per heavy atom. The molecule has 0 heterocycles. The molecule has 0 aromatic heterocycles. The van der Waals surface area contributed by atoms with Crippen molar-refractivity contribution in [1.82, 2.24) is 0 Å². The first-order valence-corrected chi connectivity index (χ1v) is 5.09. The lowest BCUT2D eigenvalue weighted by atomic mass is 10.4. The zero-order chi connectivity index (χ0) is 8.81. The molecule has 0 aliphatic rings. The van der Waals surface area contributed by atoms with Crippen molar-refractivity contribution in [1.29, 1.82) is 0 Å². The Morgan fingerprint density at radius 1 is 1.33 bits per heavy atom. The Morgan fingerprint density at radius 2 is 2.00 bits per heavy atom. The standard InChI is InChI=1S/C9H12O2S/c1-11-7-8-12(10)9-5-3-2-4-6-9/h2-6H,7-8H2,1H3. The molecule has 0 saturated carbocycles. The maximum Gasteiger partial charge on any atom is 0.152 e. The monoisotopic (exact) mass is 184 g/mol. The third kappa shape index (κ3) is 2.85. The zero-order valence-electron chi connectivity index (χ0n) is 7.03. The fraction of sp³-hybridized carbons (Fsp3) is 0.333. The molecule has 1 aromatic carbocycles. The van der Waals surface area contributed by atoms with Crippen LogP contribution in [0.2, 0.25) is 0 Å². The second-order valence-electron chi connectivity index (χ2n) is 2.36. The quantitative estimate of drug-likeness (QED) is 0.663. The summed E-state index contributed by atoms with van der Waals surface area (Å²) in [5.74, 6) is 0.570. The number of rotatable bonds is 4. The molecule has 66 valence electrons. The fourth-order valence-electron chi connectivity index (χ4n) is 0.849. The first-order valence-electron chi connectivity index (χ1n) is 3.77. The lowest BCUT2D eigenvalue weighted by Gasteiger charge is -2.08. The summed E-state index contributed by atoms with van der Waals surface area (Å²) >= 11 is -0.908. The number of benzene rings is 1. The summed E-state index contributed by atoms with van der Waals surface area (Å²) in [6, 6.07) is 9.43. The molecule has 0 saturated heterocycles. The molecular weight excluding hydrogens is 172 g/mol. The molecule has 1 aromatic rings. The third-order valence-corrected chi connectivity index (χ3v) is 2.81. The first-order chi connectivity index (χ1) is 5.84. The molecular formula is C9H12O2S. The molecule has 0 fully saturated rings. The van der Waals surface area contributed by atoms with Crippen LogP contribution in [0.4, 0.5) is 0 Å². The Kier molecular flexibility index (Phi) is 4.14. The minimum atomic E-state index is -0.908. The largest absolute Gasteiger partial charge is 0.611 e. The van der Waals surface area contributed by atoms with E-state index in [4.69, 9.17) is 4.74 Å². The summed E-state index contributed by atoms with van der Waals surface area (Å²) in [5.41, 5.74) is 0. The Labute approximate surface area is 75.7 Å². The summed E-state index contributed by atoms with van der Waals surface area (Å²) in [6.07, 6.45) is 0. The van der Waals surface area contributed by atoms with Gasteiger partial charge >= 0.3 is 0 Å². The van der Waals surface area contributed by atoms with Crippen molar-refractivity contribution >= 4 is 11.2 Å². The second-order valence-corrected chi connectivity index (χ2v) is 3.93. The number of ether oxygens (including phenoxy) is 1. The Balaban J connectivity index is 2.48. The van der Waals surface area contributed by atoms with Crippen molar-refractivity contribution in [3.05, 3.63) is 30.3 Å². The van der Waals surface area contributed by atoms with Gasteiger partial charge in [-0.25, -0.2) is 0 Å². The van der Waals surface area contributed by atoms with E-state index in [2.05, 4.69) is 0 Å². The van der Waals surface area contributed by atoms with E-state index in [0.29, 0.717) is 12.4 Å². The summed E-state index contributed by atoms with van der Waals surface area (Å²) in [5, 5.41) is 0. The predicted molar refractivity (Wildman–Crippen MR) is 49.6 cm³/mol. The average molecular weight is 184 g/mol.